The van der Waals surface area contributed by atoms with Crippen LogP contribution in [0.2, 0.25) is 10.2 Å². The molecule has 4 heterocycles. The molecule has 0 radical (unpaired) electrons. The van der Waals surface area contributed by atoms with Gasteiger partial charge >= 0.3 is 0 Å². The van der Waals surface area contributed by atoms with E-state index in [0.717, 1.165) is 12.8 Å². The number of nitrogens with one attached hydrogen (secondary N) is 3. The van der Waals surface area contributed by atoms with Crippen LogP contribution in [0.5, 0.6) is 0 Å². The quantitative estimate of drug-likeness (QED) is 0.364. The van der Waals surface area contributed by atoms with Crippen molar-refractivity contribution < 1.29 is 23.8 Å². The van der Waals surface area contributed by atoms with Gasteiger partial charge in [0.25, 0.3) is 0 Å². The molecule has 3 fully saturated rings. The summed E-state index contributed by atoms with van der Waals surface area (Å²) in [6.07, 6.45) is 4.88. The average molecular weight is 620 g/mol. The molecule has 4 aliphatic rings. The smallest absolute Gasteiger partial charge is 0.238 e. The lowest BCUT2D eigenvalue weighted by Crippen LogP contribution is -2.61. The zero-order chi connectivity index (χ0) is 30.0. The maximum atomic E-state index is 16.0. The van der Waals surface area contributed by atoms with E-state index in [2.05, 4.69) is 34.8 Å². The molecule has 3 aliphatic heterocycles. The fraction of sp³-hybridized carbons (Fsp3) is 0.581. The van der Waals surface area contributed by atoms with Gasteiger partial charge in [-0.25, -0.2) is 9.37 Å². The molecule has 2 amide bonds. The van der Waals surface area contributed by atoms with Crippen molar-refractivity contribution >= 4 is 40.7 Å². The minimum absolute atomic E-state index is 0.0468. The van der Waals surface area contributed by atoms with Gasteiger partial charge in [-0.1, -0.05) is 43.1 Å². The molecule has 1 aromatic heterocycles. The van der Waals surface area contributed by atoms with E-state index in [4.69, 9.17) is 27.9 Å². The number of aliphatic hydroxyl groups is 1. The Bertz CT molecular complexity index is 1410. The highest BCUT2D eigenvalue weighted by Gasteiger charge is 2.73. The Labute approximate surface area is 255 Å². The molecule has 6 atom stereocenters. The first-order chi connectivity index (χ1) is 19.9. The van der Waals surface area contributed by atoms with E-state index in [1.165, 1.54) is 12.3 Å². The molecule has 2 spiro atoms. The highest BCUT2D eigenvalue weighted by molar-refractivity contribution is 6.31. The van der Waals surface area contributed by atoms with E-state index in [-0.39, 0.29) is 52.8 Å². The molecule has 1 aliphatic carbocycles. The Morgan fingerprint density at radius 2 is 1.93 bits per heavy atom. The molecule has 1 saturated carbocycles. The lowest BCUT2D eigenvalue weighted by Gasteiger charge is -2.50. The summed E-state index contributed by atoms with van der Waals surface area (Å²) in [5.74, 6) is -2.32. The number of carbonyl (C=O) groups is 2. The lowest BCUT2D eigenvalue weighted by atomic mass is 9.53. The standard InChI is InChI=1S/C31H37Cl2FN4O4/c1-16-21(7-5-18(15-39)42-16)36-27(40)25-23(19-8-13-35-26(33)24(19)34)31(30(38-25)11-9-29(2,3)10-12-30)20-6-4-17(32)14-22(20)37-28(31)41/h4,6,8,13-14,16,18,21,23,25,38-39H,5,7,9-12,15H2,1-3H3,(H,36,40)(H,37,41)/t16?,18-,21+,23-,25+,31+/m0/s1. The minimum Gasteiger partial charge on any atom is -0.394 e. The van der Waals surface area contributed by atoms with Crippen LogP contribution in [-0.4, -0.2) is 58.3 Å². The number of nitrogens with zero attached hydrogens (tertiary/aromatic N) is 1. The molecular formula is C31H37Cl2FN4O4. The van der Waals surface area contributed by atoms with Gasteiger partial charge in [0.15, 0.2) is 11.0 Å². The number of hydrogen-bond donors (Lipinski definition) is 4. The van der Waals surface area contributed by atoms with Gasteiger partial charge in [0.1, 0.15) is 5.41 Å². The summed E-state index contributed by atoms with van der Waals surface area (Å²) >= 11 is 12.6. The predicted octanol–water partition coefficient (Wildman–Crippen LogP) is 4.86. The van der Waals surface area contributed by atoms with Gasteiger partial charge in [-0.3, -0.25) is 14.9 Å². The van der Waals surface area contributed by atoms with Crippen molar-refractivity contribution in [2.45, 2.75) is 100 Å². The second-order valence-corrected chi connectivity index (χ2v) is 13.9. The number of pyridine rings is 1. The number of halogens is 3. The van der Waals surface area contributed by atoms with Crippen LogP contribution in [0.3, 0.4) is 0 Å². The van der Waals surface area contributed by atoms with E-state index in [1.54, 1.807) is 12.1 Å². The van der Waals surface area contributed by atoms with Crippen molar-refractivity contribution in [1.82, 2.24) is 15.6 Å². The molecule has 1 aromatic carbocycles. The van der Waals surface area contributed by atoms with Crippen LogP contribution >= 0.6 is 23.2 Å². The van der Waals surface area contributed by atoms with E-state index >= 15 is 4.39 Å². The number of aromatic nitrogens is 1. The molecule has 11 heteroatoms. The first-order valence-electron chi connectivity index (χ1n) is 14.7. The summed E-state index contributed by atoms with van der Waals surface area (Å²) in [4.78, 5) is 32.8. The zero-order valence-corrected chi connectivity index (χ0v) is 25.5. The summed E-state index contributed by atoms with van der Waals surface area (Å²) in [7, 11) is 0. The van der Waals surface area contributed by atoms with Gasteiger partial charge in [0.05, 0.1) is 30.9 Å². The number of benzene rings is 1. The average Bonchev–Trinajstić information content (AvgIpc) is 3.41. The molecule has 2 aromatic rings. The van der Waals surface area contributed by atoms with E-state index in [1.807, 2.05) is 13.0 Å². The van der Waals surface area contributed by atoms with Crippen LogP contribution in [0, 0.1) is 11.2 Å². The van der Waals surface area contributed by atoms with Crippen LogP contribution in [0.4, 0.5) is 10.1 Å². The number of rotatable bonds is 4. The molecule has 8 nitrogen and oxygen atoms in total. The second kappa shape index (κ2) is 10.7. The zero-order valence-electron chi connectivity index (χ0n) is 24.0. The second-order valence-electron chi connectivity index (χ2n) is 13.1. The maximum Gasteiger partial charge on any atom is 0.238 e. The fourth-order valence-electron chi connectivity index (χ4n) is 7.99. The molecule has 4 N–H and O–H groups in total. The summed E-state index contributed by atoms with van der Waals surface area (Å²) < 4.78 is 21.9. The fourth-order valence-corrected chi connectivity index (χ4v) is 8.33. The van der Waals surface area contributed by atoms with Gasteiger partial charge < -0.3 is 20.5 Å². The number of anilines is 1. The molecule has 2 saturated heterocycles. The normalized spacial score (nSPS) is 33.0. The summed E-state index contributed by atoms with van der Waals surface area (Å²) in [5, 5.41) is 19.6. The molecule has 6 rings (SSSR count). The number of aliphatic hydroxyl groups excluding tert-OH is 1. The van der Waals surface area contributed by atoms with Crippen LogP contribution in [0.1, 0.15) is 76.3 Å². The SMILES string of the molecule is CC1O[C@H](CO)CC[C@H]1NC(=O)[C@@H]1NC2(CCC(C)(C)CC2)[C@@]2(C(=O)Nc3cc(Cl)ccc32)[C@H]1c1ccnc(Cl)c1F. The molecule has 1 unspecified atom stereocenters. The Kier molecular flexibility index (Phi) is 7.58. The third-order valence-corrected chi connectivity index (χ3v) is 10.8. The van der Waals surface area contributed by atoms with E-state index in [9.17, 15) is 14.7 Å². The number of ether oxygens (including phenoxy) is 1. The lowest BCUT2D eigenvalue weighted by molar-refractivity contribution is -0.129. The maximum absolute atomic E-state index is 16.0. The van der Waals surface area contributed by atoms with Gasteiger partial charge in [0.2, 0.25) is 11.8 Å². The number of amides is 2. The van der Waals surface area contributed by atoms with E-state index < -0.39 is 28.7 Å². The first-order valence-corrected chi connectivity index (χ1v) is 15.4. The number of fused-ring (bicyclic) bond motifs is 3. The molecule has 42 heavy (non-hydrogen) atoms. The Balaban J connectivity index is 1.51. The number of hydrogen-bond acceptors (Lipinski definition) is 6. The predicted molar refractivity (Wildman–Crippen MR) is 158 cm³/mol. The van der Waals surface area contributed by atoms with Gasteiger partial charge in [-0.2, -0.15) is 0 Å². The number of carbonyl (C=O) groups excluding carboxylic acids is 2. The van der Waals surface area contributed by atoms with Crippen LogP contribution in [0.25, 0.3) is 0 Å². The summed E-state index contributed by atoms with van der Waals surface area (Å²) in [6.45, 7) is 6.19. The molecule has 226 valence electrons. The highest BCUT2D eigenvalue weighted by Crippen LogP contribution is 2.64. The van der Waals surface area contributed by atoms with Gasteiger partial charge in [-0.05, 0) is 80.2 Å². The Morgan fingerprint density at radius 3 is 2.62 bits per heavy atom. The van der Waals surface area contributed by atoms with Crippen LogP contribution in [-0.2, 0) is 19.7 Å². The molecule has 0 bridgehead atoms. The first kappa shape index (κ1) is 29.8. The Morgan fingerprint density at radius 1 is 1.19 bits per heavy atom. The van der Waals surface area contributed by atoms with Crippen molar-refractivity contribution in [3.63, 3.8) is 0 Å². The minimum atomic E-state index is -1.33. The summed E-state index contributed by atoms with van der Waals surface area (Å²) in [5.41, 5.74) is -0.710. The monoisotopic (exact) mass is 618 g/mol. The largest absolute Gasteiger partial charge is 0.394 e. The third-order valence-electron chi connectivity index (χ3n) is 10.3. The topological polar surface area (TPSA) is 113 Å². The third kappa shape index (κ3) is 4.54. The van der Waals surface area contributed by atoms with Crippen molar-refractivity contribution in [2.24, 2.45) is 5.41 Å². The van der Waals surface area contributed by atoms with Crippen LogP contribution in [0.15, 0.2) is 30.5 Å². The summed E-state index contributed by atoms with van der Waals surface area (Å²) in [6, 6.07) is 5.54. The van der Waals surface area contributed by atoms with Crippen molar-refractivity contribution in [2.75, 3.05) is 11.9 Å². The van der Waals surface area contributed by atoms with Crippen LogP contribution < -0.4 is 16.0 Å². The van der Waals surface area contributed by atoms with Crippen molar-refractivity contribution in [3.8, 4) is 0 Å². The molecular weight excluding hydrogens is 582 g/mol. The van der Waals surface area contributed by atoms with Gasteiger partial charge in [-0.15, -0.1) is 0 Å². The van der Waals surface area contributed by atoms with Gasteiger partial charge in [0, 0.05) is 28.4 Å². The Hall–Kier alpha value is -2.30. The van der Waals surface area contributed by atoms with Crippen molar-refractivity contribution in [1.29, 1.82) is 0 Å². The van der Waals surface area contributed by atoms with E-state index in [0.29, 0.717) is 42.0 Å². The highest BCUT2D eigenvalue weighted by atomic mass is 35.5. The van der Waals surface area contributed by atoms with Crippen molar-refractivity contribution in [3.05, 3.63) is 57.6 Å².